The molecular formula is C20H20FNO5S. The van der Waals surface area contributed by atoms with Crippen LogP contribution in [-0.4, -0.2) is 32.1 Å². The van der Waals surface area contributed by atoms with Gasteiger partial charge in [0, 0.05) is 18.1 Å². The minimum Gasteiger partial charge on any atom is -0.461 e. The molecule has 0 bridgehead atoms. The summed E-state index contributed by atoms with van der Waals surface area (Å²) < 4.78 is 52.1. The standard InChI is InChI=1S/C20H20FNO5S/c1-4-27-20(23)18-10-14-9-16(21)15(12-26-3)11-17(14)22(18)28(24,25)19-8-6-5-7-13(19)2/h5-11H,4,12H2,1-3H3. The summed E-state index contributed by atoms with van der Waals surface area (Å²) in [6.45, 7) is 3.33. The van der Waals surface area contributed by atoms with Gasteiger partial charge in [-0.3, -0.25) is 0 Å². The van der Waals surface area contributed by atoms with Crippen molar-refractivity contribution in [1.82, 2.24) is 3.97 Å². The third-order valence-electron chi connectivity index (χ3n) is 4.32. The van der Waals surface area contributed by atoms with Gasteiger partial charge in [-0.05, 0) is 43.7 Å². The van der Waals surface area contributed by atoms with Crippen molar-refractivity contribution < 1.29 is 27.1 Å². The van der Waals surface area contributed by atoms with E-state index >= 15 is 0 Å². The lowest BCUT2D eigenvalue weighted by atomic mass is 10.1. The second-order valence-electron chi connectivity index (χ2n) is 6.22. The van der Waals surface area contributed by atoms with E-state index in [0.717, 1.165) is 3.97 Å². The molecule has 28 heavy (non-hydrogen) atoms. The zero-order valence-corrected chi connectivity index (χ0v) is 16.5. The molecule has 0 radical (unpaired) electrons. The van der Waals surface area contributed by atoms with Crippen molar-refractivity contribution in [3.8, 4) is 0 Å². The van der Waals surface area contributed by atoms with Crippen LogP contribution >= 0.6 is 0 Å². The molecule has 3 aromatic rings. The number of rotatable bonds is 6. The highest BCUT2D eigenvalue weighted by atomic mass is 32.2. The van der Waals surface area contributed by atoms with Crippen LogP contribution in [0.25, 0.3) is 10.9 Å². The summed E-state index contributed by atoms with van der Waals surface area (Å²) in [5.41, 5.74) is 0.706. The molecule has 1 heterocycles. The molecule has 0 N–H and O–H groups in total. The van der Waals surface area contributed by atoms with E-state index in [4.69, 9.17) is 9.47 Å². The van der Waals surface area contributed by atoms with Crippen molar-refractivity contribution in [3.05, 3.63) is 65.1 Å². The van der Waals surface area contributed by atoms with Gasteiger partial charge in [-0.1, -0.05) is 18.2 Å². The summed E-state index contributed by atoms with van der Waals surface area (Å²) in [6, 6.07) is 10.3. The molecule has 0 unspecified atom stereocenters. The van der Waals surface area contributed by atoms with E-state index in [-0.39, 0.29) is 40.3 Å². The van der Waals surface area contributed by atoms with E-state index in [1.807, 2.05) is 0 Å². The first kappa shape index (κ1) is 20.0. The van der Waals surface area contributed by atoms with Crippen molar-refractivity contribution in [1.29, 1.82) is 0 Å². The first-order chi connectivity index (χ1) is 13.3. The predicted octanol–water partition coefficient (Wildman–Crippen LogP) is 3.65. The Labute approximate surface area is 162 Å². The van der Waals surface area contributed by atoms with E-state index in [0.29, 0.717) is 5.56 Å². The molecule has 1 aromatic heterocycles. The molecule has 2 aromatic carbocycles. The number of fused-ring (bicyclic) bond motifs is 1. The van der Waals surface area contributed by atoms with Gasteiger partial charge in [0.15, 0.2) is 0 Å². The molecule has 0 saturated carbocycles. The lowest BCUT2D eigenvalue weighted by Crippen LogP contribution is -2.20. The van der Waals surface area contributed by atoms with Crippen LogP contribution in [0.3, 0.4) is 0 Å². The molecule has 3 rings (SSSR count). The van der Waals surface area contributed by atoms with Crippen molar-refractivity contribution >= 4 is 26.9 Å². The van der Waals surface area contributed by atoms with Gasteiger partial charge >= 0.3 is 5.97 Å². The van der Waals surface area contributed by atoms with Crippen LogP contribution in [0.4, 0.5) is 4.39 Å². The topological polar surface area (TPSA) is 74.6 Å². The number of hydrogen-bond donors (Lipinski definition) is 0. The summed E-state index contributed by atoms with van der Waals surface area (Å²) >= 11 is 0. The fourth-order valence-corrected chi connectivity index (χ4v) is 4.79. The number of carbonyl (C=O) groups excluding carboxylic acids is 1. The minimum absolute atomic E-state index is 0.0356. The monoisotopic (exact) mass is 405 g/mol. The zero-order chi connectivity index (χ0) is 20.5. The smallest absolute Gasteiger partial charge is 0.356 e. The number of aryl methyl sites for hydroxylation is 1. The SMILES string of the molecule is CCOC(=O)c1cc2cc(F)c(COC)cc2n1S(=O)(=O)c1ccccc1C. The Hall–Kier alpha value is -2.71. The lowest BCUT2D eigenvalue weighted by molar-refractivity contribution is 0.0518. The highest BCUT2D eigenvalue weighted by Crippen LogP contribution is 2.30. The number of carbonyl (C=O) groups is 1. The highest BCUT2D eigenvalue weighted by Gasteiger charge is 2.28. The number of ether oxygens (including phenoxy) is 2. The van der Waals surface area contributed by atoms with E-state index in [2.05, 4.69) is 0 Å². The van der Waals surface area contributed by atoms with Crippen LogP contribution in [0, 0.1) is 12.7 Å². The third-order valence-corrected chi connectivity index (χ3v) is 6.21. The molecule has 0 aliphatic carbocycles. The van der Waals surface area contributed by atoms with Crippen molar-refractivity contribution in [3.63, 3.8) is 0 Å². The van der Waals surface area contributed by atoms with Gasteiger partial charge in [0.1, 0.15) is 11.5 Å². The molecule has 0 saturated heterocycles. The average Bonchev–Trinajstić information content (AvgIpc) is 3.02. The summed E-state index contributed by atoms with van der Waals surface area (Å²) in [5.74, 6) is -1.35. The number of halogens is 1. The maximum Gasteiger partial charge on any atom is 0.356 e. The normalized spacial score (nSPS) is 11.7. The largest absolute Gasteiger partial charge is 0.461 e. The predicted molar refractivity (Wildman–Crippen MR) is 102 cm³/mol. The number of hydrogen-bond acceptors (Lipinski definition) is 5. The van der Waals surface area contributed by atoms with Crippen LogP contribution in [0.5, 0.6) is 0 Å². The van der Waals surface area contributed by atoms with Gasteiger partial charge in [-0.25, -0.2) is 21.6 Å². The summed E-state index contributed by atoms with van der Waals surface area (Å²) in [6.07, 6.45) is 0. The Bertz CT molecular complexity index is 1150. The van der Waals surface area contributed by atoms with Gasteiger partial charge in [0.25, 0.3) is 10.0 Å². The zero-order valence-electron chi connectivity index (χ0n) is 15.7. The first-order valence-corrected chi connectivity index (χ1v) is 10.1. The number of methoxy groups -OCH3 is 1. The summed E-state index contributed by atoms with van der Waals surface area (Å²) in [7, 11) is -2.73. The summed E-state index contributed by atoms with van der Waals surface area (Å²) in [4.78, 5) is 12.5. The van der Waals surface area contributed by atoms with Crippen LogP contribution in [0.1, 0.15) is 28.5 Å². The Morgan fingerprint density at radius 2 is 1.89 bits per heavy atom. The van der Waals surface area contributed by atoms with Crippen molar-refractivity contribution in [2.24, 2.45) is 0 Å². The maximum atomic E-state index is 14.3. The fraction of sp³-hybridized carbons (Fsp3) is 0.250. The van der Waals surface area contributed by atoms with Crippen LogP contribution in [-0.2, 0) is 26.1 Å². The highest BCUT2D eigenvalue weighted by molar-refractivity contribution is 7.90. The van der Waals surface area contributed by atoms with Gasteiger partial charge < -0.3 is 9.47 Å². The molecule has 0 aliphatic rings. The Morgan fingerprint density at radius 1 is 1.18 bits per heavy atom. The van der Waals surface area contributed by atoms with Gasteiger partial charge in [0.05, 0.1) is 23.6 Å². The molecule has 148 valence electrons. The maximum absolute atomic E-state index is 14.3. The minimum atomic E-state index is -4.14. The fourth-order valence-electron chi connectivity index (χ4n) is 3.06. The second-order valence-corrected chi connectivity index (χ2v) is 7.98. The van der Waals surface area contributed by atoms with Gasteiger partial charge in [0.2, 0.25) is 0 Å². The van der Waals surface area contributed by atoms with Crippen molar-refractivity contribution in [2.75, 3.05) is 13.7 Å². The van der Waals surface area contributed by atoms with E-state index in [9.17, 15) is 17.6 Å². The van der Waals surface area contributed by atoms with E-state index < -0.39 is 21.8 Å². The van der Waals surface area contributed by atoms with Crippen molar-refractivity contribution in [2.45, 2.75) is 25.3 Å². The Balaban J connectivity index is 2.37. The second kappa shape index (κ2) is 7.73. The Kier molecular flexibility index (Phi) is 5.53. The molecule has 0 atom stereocenters. The van der Waals surface area contributed by atoms with Gasteiger partial charge in [-0.2, -0.15) is 0 Å². The molecule has 0 amide bonds. The number of nitrogens with zero attached hydrogens (tertiary/aromatic N) is 1. The summed E-state index contributed by atoms with van der Waals surface area (Å²) in [5, 5.41) is 0.276. The third kappa shape index (κ3) is 3.41. The average molecular weight is 405 g/mol. The molecule has 0 spiro atoms. The van der Waals surface area contributed by atoms with E-state index in [1.165, 1.54) is 31.4 Å². The molecule has 0 fully saturated rings. The van der Waals surface area contributed by atoms with Crippen LogP contribution in [0.2, 0.25) is 0 Å². The van der Waals surface area contributed by atoms with Crippen LogP contribution < -0.4 is 0 Å². The molecule has 6 nitrogen and oxygen atoms in total. The molecular weight excluding hydrogens is 385 g/mol. The quantitative estimate of drug-likeness (QED) is 0.585. The first-order valence-electron chi connectivity index (χ1n) is 8.62. The van der Waals surface area contributed by atoms with E-state index in [1.54, 1.807) is 32.0 Å². The van der Waals surface area contributed by atoms with Crippen LogP contribution in [0.15, 0.2) is 47.4 Å². The molecule has 8 heteroatoms. The van der Waals surface area contributed by atoms with Gasteiger partial charge in [-0.15, -0.1) is 0 Å². The Morgan fingerprint density at radius 3 is 2.54 bits per heavy atom. The number of benzene rings is 2. The number of aromatic nitrogens is 1. The molecule has 0 aliphatic heterocycles. The number of esters is 1. The lowest BCUT2D eigenvalue weighted by Gasteiger charge is -2.13.